The number of fused-ring (bicyclic) bond motifs is 2. The summed E-state index contributed by atoms with van der Waals surface area (Å²) in [5.41, 5.74) is 0.473. The molecule has 4 aromatic carbocycles. The Morgan fingerprint density at radius 3 is 2.25 bits per heavy atom. The number of hydrogen-bond acceptors (Lipinski definition) is 3. The Balaban J connectivity index is 1.64. The van der Waals surface area contributed by atoms with Crippen LogP contribution in [0.15, 0.2) is 78.9 Å². The molecule has 0 aliphatic rings. The van der Waals surface area contributed by atoms with E-state index < -0.39 is 5.97 Å². The third kappa shape index (κ3) is 2.68. The average Bonchev–Trinajstić information content (AvgIpc) is 2.61. The molecule has 3 heteroatoms. The number of carbonyl (C=O) groups is 1. The maximum atomic E-state index is 12.4. The molecule has 24 heavy (non-hydrogen) atoms. The molecule has 116 valence electrons. The first kappa shape index (κ1) is 14.3. The van der Waals surface area contributed by atoms with Gasteiger partial charge in [0.2, 0.25) is 0 Å². The van der Waals surface area contributed by atoms with Crippen molar-refractivity contribution in [1.82, 2.24) is 0 Å². The van der Waals surface area contributed by atoms with Crippen LogP contribution < -0.4 is 4.74 Å². The molecule has 3 nitrogen and oxygen atoms in total. The Bertz CT molecular complexity index is 1070. The van der Waals surface area contributed by atoms with Crippen molar-refractivity contribution >= 4 is 27.5 Å². The predicted octanol–water partition coefficient (Wildman–Crippen LogP) is 4.92. The summed E-state index contributed by atoms with van der Waals surface area (Å²) in [5, 5.41) is 13.4. The molecule has 0 aliphatic carbocycles. The van der Waals surface area contributed by atoms with E-state index in [9.17, 15) is 9.90 Å². The Labute approximate surface area is 138 Å². The van der Waals surface area contributed by atoms with Crippen molar-refractivity contribution in [2.45, 2.75) is 0 Å². The van der Waals surface area contributed by atoms with Gasteiger partial charge in [-0.25, -0.2) is 4.79 Å². The first-order valence-corrected chi connectivity index (χ1v) is 7.63. The molecular weight excluding hydrogens is 300 g/mol. The van der Waals surface area contributed by atoms with Gasteiger partial charge in [-0.3, -0.25) is 0 Å². The molecule has 0 radical (unpaired) electrons. The second kappa shape index (κ2) is 5.70. The fraction of sp³-hybridized carbons (Fsp3) is 0. The molecule has 0 spiro atoms. The normalized spacial score (nSPS) is 10.8. The molecule has 0 atom stereocenters. The standard InChI is InChI=1S/C21H14O3/c22-19-9-7-16-11-18(6-5-17(16)12-19)21(23)24-20-10-8-14-3-1-2-4-15(14)13-20/h1-13,22H. The van der Waals surface area contributed by atoms with Gasteiger partial charge in [-0.1, -0.05) is 42.5 Å². The smallest absolute Gasteiger partial charge is 0.343 e. The van der Waals surface area contributed by atoms with Gasteiger partial charge in [0.1, 0.15) is 11.5 Å². The topological polar surface area (TPSA) is 46.5 Å². The van der Waals surface area contributed by atoms with E-state index in [-0.39, 0.29) is 5.75 Å². The zero-order valence-corrected chi connectivity index (χ0v) is 12.8. The first-order chi connectivity index (χ1) is 11.7. The Morgan fingerprint density at radius 2 is 1.38 bits per heavy atom. The fourth-order valence-electron chi connectivity index (χ4n) is 2.76. The van der Waals surface area contributed by atoms with Gasteiger partial charge < -0.3 is 9.84 Å². The lowest BCUT2D eigenvalue weighted by Gasteiger charge is -2.07. The summed E-state index contributed by atoms with van der Waals surface area (Å²) < 4.78 is 5.49. The minimum absolute atomic E-state index is 0.203. The molecule has 0 aliphatic heterocycles. The first-order valence-electron chi connectivity index (χ1n) is 7.63. The predicted molar refractivity (Wildman–Crippen MR) is 94.5 cm³/mol. The zero-order valence-electron chi connectivity index (χ0n) is 12.8. The average molecular weight is 314 g/mol. The van der Waals surface area contributed by atoms with E-state index in [2.05, 4.69) is 0 Å². The van der Waals surface area contributed by atoms with Crippen LogP contribution in [0.1, 0.15) is 10.4 Å². The van der Waals surface area contributed by atoms with Crippen LogP contribution in [-0.4, -0.2) is 11.1 Å². The number of phenolic OH excluding ortho intramolecular Hbond substituents is 1. The van der Waals surface area contributed by atoms with Gasteiger partial charge in [0.25, 0.3) is 0 Å². The lowest BCUT2D eigenvalue weighted by atomic mass is 10.1. The molecule has 0 saturated heterocycles. The minimum Gasteiger partial charge on any atom is -0.508 e. The second-order valence-electron chi connectivity index (χ2n) is 5.64. The van der Waals surface area contributed by atoms with Crippen molar-refractivity contribution < 1.29 is 14.6 Å². The van der Waals surface area contributed by atoms with Gasteiger partial charge in [-0.05, 0) is 57.9 Å². The third-order valence-electron chi connectivity index (χ3n) is 3.99. The van der Waals surface area contributed by atoms with Crippen LogP contribution in [0.25, 0.3) is 21.5 Å². The van der Waals surface area contributed by atoms with E-state index in [1.54, 1.807) is 42.5 Å². The quantitative estimate of drug-likeness (QED) is 0.422. The van der Waals surface area contributed by atoms with E-state index in [1.807, 2.05) is 36.4 Å². The Hall–Kier alpha value is -3.33. The maximum absolute atomic E-state index is 12.4. The van der Waals surface area contributed by atoms with E-state index in [0.29, 0.717) is 11.3 Å². The largest absolute Gasteiger partial charge is 0.508 e. The summed E-state index contributed by atoms with van der Waals surface area (Å²) in [6.45, 7) is 0. The number of carbonyl (C=O) groups excluding carboxylic acids is 1. The summed E-state index contributed by atoms with van der Waals surface area (Å²) in [6, 6.07) is 23.8. The lowest BCUT2D eigenvalue weighted by molar-refractivity contribution is 0.0735. The van der Waals surface area contributed by atoms with Gasteiger partial charge in [0.15, 0.2) is 0 Å². The molecule has 0 saturated carbocycles. The van der Waals surface area contributed by atoms with Crippen molar-refractivity contribution in [2.75, 3.05) is 0 Å². The van der Waals surface area contributed by atoms with Crippen LogP contribution in [-0.2, 0) is 0 Å². The molecule has 0 fully saturated rings. The molecule has 4 aromatic rings. The number of ether oxygens (including phenoxy) is 1. The summed E-state index contributed by atoms with van der Waals surface area (Å²) in [6.07, 6.45) is 0. The van der Waals surface area contributed by atoms with Gasteiger partial charge in [0.05, 0.1) is 5.56 Å². The van der Waals surface area contributed by atoms with Crippen molar-refractivity contribution in [3.8, 4) is 11.5 Å². The van der Waals surface area contributed by atoms with E-state index in [1.165, 1.54) is 0 Å². The number of phenols is 1. The fourth-order valence-corrected chi connectivity index (χ4v) is 2.76. The summed E-state index contributed by atoms with van der Waals surface area (Å²) in [5.74, 6) is 0.318. The van der Waals surface area contributed by atoms with Gasteiger partial charge in [-0.15, -0.1) is 0 Å². The number of rotatable bonds is 2. The highest BCUT2D eigenvalue weighted by Gasteiger charge is 2.10. The monoisotopic (exact) mass is 314 g/mol. The molecule has 0 bridgehead atoms. The molecule has 0 heterocycles. The summed E-state index contributed by atoms with van der Waals surface area (Å²) in [7, 11) is 0. The number of aromatic hydroxyl groups is 1. The summed E-state index contributed by atoms with van der Waals surface area (Å²) in [4.78, 5) is 12.4. The molecule has 0 aromatic heterocycles. The van der Waals surface area contributed by atoms with Crippen LogP contribution in [0.2, 0.25) is 0 Å². The van der Waals surface area contributed by atoms with Crippen LogP contribution in [0, 0.1) is 0 Å². The number of benzene rings is 4. The third-order valence-corrected chi connectivity index (χ3v) is 3.99. The molecule has 0 amide bonds. The van der Waals surface area contributed by atoms with E-state index >= 15 is 0 Å². The number of esters is 1. The summed E-state index contributed by atoms with van der Waals surface area (Å²) >= 11 is 0. The van der Waals surface area contributed by atoms with Crippen LogP contribution in [0.4, 0.5) is 0 Å². The minimum atomic E-state index is -0.403. The van der Waals surface area contributed by atoms with Gasteiger partial charge in [-0.2, -0.15) is 0 Å². The Kier molecular flexibility index (Phi) is 3.39. The van der Waals surface area contributed by atoms with Gasteiger partial charge >= 0.3 is 5.97 Å². The highest BCUT2D eigenvalue weighted by molar-refractivity contribution is 5.97. The second-order valence-corrected chi connectivity index (χ2v) is 5.64. The van der Waals surface area contributed by atoms with E-state index in [0.717, 1.165) is 21.5 Å². The van der Waals surface area contributed by atoms with Crippen LogP contribution in [0.5, 0.6) is 11.5 Å². The molecular formula is C21H14O3. The van der Waals surface area contributed by atoms with Crippen molar-refractivity contribution in [1.29, 1.82) is 0 Å². The highest BCUT2D eigenvalue weighted by atomic mass is 16.5. The highest BCUT2D eigenvalue weighted by Crippen LogP contribution is 2.24. The SMILES string of the molecule is O=C(Oc1ccc2ccccc2c1)c1ccc2cc(O)ccc2c1. The molecule has 1 N–H and O–H groups in total. The van der Waals surface area contributed by atoms with Gasteiger partial charge in [0, 0.05) is 0 Å². The number of hydrogen-bond donors (Lipinski definition) is 1. The van der Waals surface area contributed by atoms with Crippen molar-refractivity contribution in [3.05, 3.63) is 84.4 Å². The van der Waals surface area contributed by atoms with Crippen LogP contribution >= 0.6 is 0 Å². The Morgan fingerprint density at radius 1 is 0.708 bits per heavy atom. The molecule has 0 unspecified atom stereocenters. The lowest BCUT2D eigenvalue weighted by Crippen LogP contribution is -2.08. The van der Waals surface area contributed by atoms with Crippen molar-refractivity contribution in [2.24, 2.45) is 0 Å². The maximum Gasteiger partial charge on any atom is 0.343 e. The van der Waals surface area contributed by atoms with Crippen LogP contribution in [0.3, 0.4) is 0 Å². The zero-order chi connectivity index (χ0) is 16.5. The molecule has 4 rings (SSSR count). The van der Waals surface area contributed by atoms with E-state index in [4.69, 9.17) is 4.74 Å². The van der Waals surface area contributed by atoms with Crippen molar-refractivity contribution in [3.63, 3.8) is 0 Å².